The van der Waals surface area contributed by atoms with Gasteiger partial charge >= 0.3 is 0 Å². The third-order valence-electron chi connectivity index (χ3n) is 3.57. The van der Waals surface area contributed by atoms with E-state index in [0.29, 0.717) is 6.61 Å². The van der Waals surface area contributed by atoms with Crippen LogP contribution in [0.2, 0.25) is 5.02 Å². The van der Waals surface area contributed by atoms with Crippen LogP contribution in [0, 0.1) is 6.92 Å². The summed E-state index contributed by atoms with van der Waals surface area (Å²) in [4.78, 5) is 0. The van der Waals surface area contributed by atoms with E-state index in [1.165, 1.54) is 0 Å². The topological polar surface area (TPSA) is 35.2 Å². The number of halogens is 1. The summed E-state index contributed by atoms with van der Waals surface area (Å²) in [5.74, 6) is 0.887. The van der Waals surface area contributed by atoms with Crippen LogP contribution in [-0.2, 0) is 13.0 Å². The Morgan fingerprint density at radius 3 is 2.62 bits per heavy atom. The van der Waals surface area contributed by atoms with Crippen molar-refractivity contribution < 1.29 is 4.74 Å². The van der Waals surface area contributed by atoms with Crippen LogP contribution in [0.1, 0.15) is 30.0 Å². The standard InChI is InChI=1S/C18H22ClNO/c1-3-16(20)11-14-6-4-5-7-18(14)21-12-15-9-8-13(2)10-17(15)19/h4-10,16H,3,11-12,20H2,1-2H3. The van der Waals surface area contributed by atoms with E-state index < -0.39 is 0 Å². The maximum absolute atomic E-state index is 6.24. The van der Waals surface area contributed by atoms with E-state index in [1.54, 1.807) is 0 Å². The highest BCUT2D eigenvalue weighted by Crippen LogP contribution is 2.23. The van der Waals surface area contributed by atoms with Crippen LogP contribution in [0.3, 0.4) is 0 Å². The van der Waals surface area contributed by atoms with Crippen molar-refractivity contribution in [2.24, 2.45) is 5.73 Å². The molecule has 0 fully saturated rings. The molecule has 3 heteroatoms. The zero-order chi connectivity index (χ0) is 15.2. The molecule has 0 aliphatic heterocycles. The minimum atomic E-state index is 0.165. The van der Waals surface area contributed by atoms with Gasteiger partial charge in [0.2, 0.25) is 0 Å². The number of benzene rings is 2. The lowest BCUT2D eigenvalue weighted by Gasteiger charge is -2.15. The molecule has 0 amide bonds. The summed E-state index contributed by atoms with van der Waals surface area (Å²) >= 11 is 6.24. The van der Waals surface area contributed by atoms with Gasteiger partial charge in [0, 0.05) is 16.6 Å². The predicted octanol–water partition coefficient (Wildman–Crippen LogP) is 4.51. The van der Waals surface area contributed by atoms with Crippen LogP contribution in [0.4, 0.5) is 0 Å². The van der Waals surface area contributed by atoms with Crippen LogP contribution < -0.4 is 10.5 Å². The Bertz CT molecular complexity index is 598. The zero-order valence-electron chi connectivity index (χ0n) is 12.6. The maximum atomic E-state index is 6.24. The quantitative estimate of drug-likeness (QED) is 0.852. The highest BCUT2D eigenvalue weighted by molar-refractivity contribution is 6.31. The highest BCUT2D eigenvalue weighted by atomic mass is 35.5. The Morgan fingerprint density at radius 1 is 1.14 bits per heavy atom. The van der Waals surface area contributed by atoms with Gasteiger partial charge in [-0.3, -0.25) is 0 Å². The third-order valence-corrected chi connectivity index (χ3v) is 3.92. The summed E-state index contributed by atoms with van der Waals surface area (Å²) in [5.41, 5.74) is 9.34. The molecule has 2 aromatic carbocycles. The highest BCUT2D eigenvalue weighted by Gasteiger charge is 2.08. The van der Waals surface area contributed by atoms with E-state index in [4.69, 9.17) is 22.1 Å². The van der Waals surface area contributed by atoms with Crippen molar-refractivity contribution in [1.29, 1.82) is 0 Å². The summed E-state index contributed by atoms with van der Waals surface area (Å²) in [5, 5.41) is 0.748. The SMILES string of the molecule is CCC(N)Cc1ccccc1OCc1ccc(C)cc1Cl. The minimum absolute atomic E-state index is 0.165. The van der Waals surface area contributed by atoms with Crippen LogP contribution in [0.25, 0.3) is 0 Å². The fourth-order valence-electron chi connectivity index (χ4n) is 2.16. The van der Waals surface area contributed by atoms with Crippen molar-refractivity contribution in [2.45, 2.75) is 39.3 Å². The van der Waals surface area contributed by atoms with E-state index in [0.717, 1.165) is 40.3 Å². The van der Waals surface area contributed by atoms with E-state index in [1.807, 2.05) is 43.3 Å². The van der Waals surface area contributed by atoms with E-state index in [2.05, 4.69) is 13.0 Å². The molecule has 21 heavy (non-hydrogen) atoms. The van der Waals surface area contributed by atoms with Crippen molar-refractivity contribution in [3.8, 4) is 5.75 Å². The van der Waals surface area contributed by atoms with Gasteiger partial charge in [-0.1, -0.05) is 48.9 Å². The van der Waals surface area contributed by atoms with Gasteiger partial charge in [-0.25, -0.2) is 0 Å². The Labute approximate surface area is 131 Å². The molecule has 2 N–H and O–H groups in total. The molecule has 0 aromatic heterocycles. The molecule has 0 radical (unpaired) electrons. The molecule has 2 nitrogen and oxygen atoms in total. The smallest absolute Gasteiger partial charge is 0.123 e. The van der Waals surface area contributed by atoms with Gasteiger partial charge in [-0.15, -0.1) is 0 Å². The molecule has 112 valence electrons. The molecule has 0 bridgehead atoms. The second kappa shape index (κ2) is 7.48. The molecule has 0 saturated carbocycles. The van der Waals surface area contributed by atoms with Gasteiger partial charge in [-0.2, -0.15) is 0 Å². The first kappa shape index (κ1) is 15.9. The van der Waals surface area contributed by atoms with Crippen molar-refractivity contribution in [2.75, 3.05) is 0 Å². The van der Waals surface area contributed by atoms with Crippen molar-refractivity contribution in [3.63, 3.8) is 0 Å². The Hall–Kier alpha value is -1.51. The van der Waals surface area contributed by atoms with Crippen LogP contribution in [0.5, 0.6) is 5.75 Å². The summed E-state index contributed by atoms with van der Waals surface area (Å²) in [6.45, 7) is 4.59. The third kappa shape index (κ3) is 4.48. The Balaban J connectivity index is 2.09. The monoisotopic (exact) mass is 303 g/mol. The average molecular weight is 304 g/mol. The molecule has 2 aromatic rings. The summed E-state index contributed by atoms with van der Waals surface area (Å²) in [6, 6.07) is 14.2. The summed E-state index contributed by atoms with van der Waals surface area (Å²) in [6.07, 6.45) is 1.78. The van der Waals surface area contributed by atoms with Crippen molar-refractivity contribution in [1.82, 2.24) is 0 Å². The number of rotatable bonds is 6. The number of hydrogen-bond donors (Lipinski definition) is 1. The summed E-state index contributed by atoms with van der Waals surface area (Å²) < 4.78 is 5.95. The summed E-state index contributed by atoms with van der Waals surface area (Å²) in [7, 11) is 0. The Morgan fingerprint density at radius 2 is 1.90 bits per heavy atom. The lowest BCUT2D eigenvalue weighted by Crippen LogP contribution is -2.21. The molecule has 0 saturated heterocycles. The van der Waals surface area contributed by atoms with Crippen molar-refractivity contribution >= 4 is 11.6 Å². The first-order valence-electron chi connectivity index (χ1n) is 7.31. The predicted molar refractivity (Wildman–Crippen MR) is 88.9 cm³/mol. The van der Waals surface area contributed by atoms with Gasteiger partial charge < -0.3 is 10.5 Å². The number of ether oxygens (including phenoxy) is 1. The molecule has 1 atom stereocenters. The first-order chi connectivity index (χ1) is 10.1. The average Bonchev–Trinajstić information content (AvgIpc) is 2.47. The molecule has 1 unspecified atom stereocenters. The molecule has 0 spiro atoms. The second-order valence-corrected chi connectivity index (χ2v) is 5.77. The molecular weight excluding hydrogens is 282 g/mol. The molecular formula is C18H22ClNO. The van der Waals surface area contributed by atoms with Gasteiger partial charge in [0.1, 0.15) is 12.4 Å². The minimum Gasteiger partial charge on any atom is -0.489 e. The second-order valence-electron chi connectivity index (χ2n) is 5.36. The van der Waals surface area contributed by atoms with Gasteiger partial charge in [0.15, 0.2) is 0 Å². The lowest BCUT2D eigenvalue weighted by atomic mass is 10.0. The normalized spacial score (nSPS) is 12.2. The Kier molecular flexibility index (Phi) is 5.66. The molecule has 0 heterocycles. The fraction of sp³-hybridized carbons (Fsp3) is 0.333. The van der Waals surface area contributed by atoms with Gasteiger partial charge in [0.25, 0.3) is 0 Å². The van der Waals surface area contributed by atoms with Gasteiger partial charge in [-0.05, 0) is 43.0 Å². The molecule has 0 aliphatic rings. The fourth-order valence-corrected chi connectivity index (χ4v) is 2.45. The maximum Gasteiger partial charge on any atom is 0.123 e. The van der Waals surface area contributed by atoms with Crippen LogP contribution in [-0.4, -0.2) is 6.04 Å². The molecule has 2 rings (SSSR count). The van der Waals surface area contributed by atoms with E-state index in [9.17, 15) is 0 Å². The number of para-hydroxylation sites is 1. The number of hydrogen-bond acceptors (Lipinski definition) is 2. The number of aryl methyl sites for hydroxylation is 1. The van der Waals surface area contributed by atoms with Crippen LogP contribution >= 0.6 is 11.6 Å². The first-order valence-corrected chi connectivity index (χ1v) is 7.69. The van der Waals surface area contributed by atoms with Gasteiger partial charge in [0.05, 0.1) is 0 Å². The van der Waals surface area contributed by atoms with E-state index >= 15 is 0 Å². The van der Waals surface area contributed by atoms with E-state index in [-0.39, 0.29) is 6.04 Å². The van der Waals surface area contributed by atoms with Crippen molar-refractivity contribution in [3.05, 3.63) is 64.2 Å². The largest absolute Gasteiger partial charge is 0.489 e. The zero-order valence-corrected chi connectivity index (χ0v) is 13.4. The number of nitrogens with two attached hydrogens (primary N) is 1. The molecule has 0 aliphatic carbocycles. The lowest BCUT2D eigenvalue weighted by molar-refractivity contribution is 0.302. The van der Waals surface area contributed by atoms with Crippen LogP contribution in [0.15, 0.2) is 42.5 Å².